The molecule has 1 aromatic rings. The third-order valence-corrected chi connectivity index (χ3v) is 16.3. The van der Waals surface area contributed by atoms with Gasteiger partial charge in [0.05, 0.1) is 41.0 Å². The number of aliphatic hydroxyl groups excluding tert-OH is 2. The zero-order chi connectivity index (χ0) is 52.7. The molecule has 5 bridgehead atoms. The number of ether oxygens (including phenoxy) is 3. The van der Waals surface area contributed by atoms with E-state index in [1.165, 1.54) is 13.2 Å². The number of Topliss-reactive ketones (excluding diaryl/α,β-unsaturated/α-hetero) is 2. The Labute approximate surface area is 429 Å². The Balaban J connectivity index is 1.07. The number of piperidine rings is 2. The molecular weight excluding hydrogens is 935 g/mol. The molecule has 7 aliphatic heterocycles. The highest BCUT2D eigenvalue weighted by Gasteiger charge is 2.54. The van der Waals surface area contributed by atoms with Gasteiger partial charge in [-0.2, -0.15) is 0 Å². The SMILES string of the molecule is C/C1=C/C=C/C(C)[C@H](O)[C@@H](C)C(O)[C@@H](C)[C@H](OC(=O)CC(=O)N2CCN(C3CCN(C)CC3)CC2)CC/C=C/O[C@@]2(C)Oc3c(C)c(O)c4c(c3C2=O)C2=NC3(CCN(CC(C)C)CC3)NC2=C(NC1=O)C4=O. The molecule has 9 rings (SSSR count). The fourth-order valence-electron chi connectivity index (χ4n) is 11.6. The number of likely N-dealkylation sites (tertiary alicyclic amines) is 2. The number of rotatable bonds is 6. The summed E-state index contributed by atoms with van der Waals surface area (Å²) in [5.74, 6) is -6.73. The number of phenolic OH excluding ortho intramolecular Hbond substituents is 1. The second-order valence-electron chi connectivity index (χ2n) is 22.2. The van der Waals surface area contributed by atoms with Gasteiger partial charge in [-0.25, -0.2) is 0 Å². The third-order valence-electron chi connectivity index (χ3n) is 16.3. The van der Waals surface area contributed by atoms with E-state index >= 15 is 0 Å². The molecule has 5 N–H and O–H groups in total. The van der Waals surface area contributed by atoms with Crippen LogP contribution >= 0.6 is 0 Å². The fraction of sp³-hybridized carbons (Fsp3) is 0.636. The number of carbonyl (C=O) groups is 5. The van der Waals surface area contributed by atoms with Crippen molar-refractivity contribution >= 4 is 35.1 Å². The molecule has 18 heteroatoms. The van der Waals surface area contributed by atoms with E-state index < -0.39 is 83.1 Å². The first-order valence-corrected chi connectivity index (χ1v) is 26.4. The Kier molecular flexibility index (Phi) is 16.1. The molecule has 73 heavy (non-hydrogen) atoms. The van der Waals surface area contributed by atoms with Crippen LogP contribution in [0.3, 0.4) is 0 Å². The molecule has 1 spiro atoms. The molecule has 0 aromatic heterocycles. The van der Waals surface area contributed by atoms with Gasteiger partial charge >= 0.3 is 11.8 Å². The van der Waals surface area contributed by atoms with Crippen molar-refractivity contribution < 1.29 is 53.5 Å². The highest BCUT2D eigenvalue weighted by atomic mass is 16.7. The number of nitrogens with zero attached hydrogens (tertiary/aromatic N) is 5. The minimum absolute atomic E-state index is 0.0248. The summed E-state index contributed by atoms with van der Waals surface area (Å²) in [7, 11) is 2.13. The van der Waals surface area contributed by atoms with Gasteiger partial charge in [-0.05, 0) is 71.7 Å². The topological polar surface area (TPSA) is 223 Å². The highest BCUT2D eigenvalue weighted by molar-refractivity contribution is 6.34. The van der Waals surface area contributed by atoms with Crippen molar-refractivity contribution in [1.29, 1.82) is 0 Å². The van der Waals surface area contributed by atoms with E-state index in [0.29, 0.717) is 51.0 Å². The molecule has 7 heterocycles. The maximum atomic E-state index is 14.8. The van der Waals surface area contributed by atoms with Gasteiger partial charge in [-0.15, -0.1) is 0 Å². The number of benzene rings is 1. The number of phenols is 1. The summed E-state index contributed by atoms with van der Waals surface area (Å²) >= 11 is 0. The number of amides is 2. The van der Waals surface area contributed by atoms with Crippen molar-refractivity contribution in [2.45, 2.75) is 136 Å². The maximum absolute atomic E-state index is 14.8. The number of piperazine rings is 1. The summed E-state index contributed by atoms with van der Waals surface area (Å²) in [6, 6.07) is 0.488. The number of esters is 1. The first-order valence-electron chi connectivity index (χ1n) is 26.4. The van der Waals surface area contributed by atoms with Crippen LogP contribution in [0.1, 0.15) is 125 Å². The summed E-state index contributed by atoms with van der Waals surface area (Å²) in [5, 5.41) is 41.5. The van der Waals surface area contributed by atoms with Crippen molar-refractivity contribution in [2.75, 3.05) is 66.0 Å². The molecule has 1 aromatic carbocycles. The number of aromatic hydroxyl groups is 1. The van der Waals surface area contributed by atoms with Gasteiger partial charge < -0.3 is 54.9 Å². The van der Waals surface area contributed by atoms with Crippen LogP contribution < -0.4 is 15.4 Å². The van der Waals surface area contributed by atoms with Crippen molar-refractivity contribution in [2.24, 2.45) is 28.7 Å². The molecule has 8 aliphatic rings. The van der Waals surface area contributed by atoms with E-state index in [1.54, 1.807) is 63.8 Å². The molecule has 398 valence electrons. The van der Waals surface area contributed by atoms with Crippen LogP contribution in [0.15, 0.2) is 52.5 Å². The maximum Gasteiger partial charge on any atom is 0.315 e. The number of ketones is 2. The van der Waals surface area contributed by atoms with Gasteiger partial charge in [0, 0.05) is 106 Å². The summed E-state index contributed by atoms with van der Waals surface area (Å²) in [6.07, 6.45) is 8.05. The van der Waals surface area contributed by atoms with Crippen LogP contribution in [0.25, 0.3) is 0 Å². The molecule has 1 aliphatic carbocycles. The van der Waals surface area contributed by atoms with E-state index in [0.717, 1.165) is 45.6 Å². The number of fused-ring (bicyclic) bond motifs is 13. The van der Waals surface area contributed by atoms with Gasteiger partial charge in [-0.1, -0.05) is 52.8 Å². The minimum atomic E-state index is -1.95. The summed E-state index contributed by atoms with van der Waals surface area (Å²) in [6.45, 7) is 21.1. The number of allylic oxidation sites excluding steroid dienone is 5. The number of hydrogen-bond donors (Lipinski definition) is 5. The average Bonchev–Trinajstić information content (AvgIpc) is 3.86. The van der Waals surface area contributed by atoms with Gasteiger partial charge in [0.25, 0.3) is 11.7 Å². The predicted octanol–water partition coefficient (Wildman–Crippen LogP) is 4.35. The van der Waals surface area contributed by atoms with Crippen molar-refractivity contribution in [1.82, 2.24) is 30.2 Å². The lowest BCUT2D eigenvalue weighted by molar-refractivity contribution is -0.159. The van der Waals surface area contributed by atoms with Crippen LogP contribution in [-0.4, -0.2) is 172 Å². The molecule has 3 saturated heterocycles. The Morgan fingerprint density at radius 2 is 1.59 bits per heavy atom. The van der Waals surface area contributed by atoms with Crippen molar-refractivity contribution in [3.63, 3.8) is 0 Å². The Morgan fingerprint density at radius 3 is 2.26 bits per heavy atom. The zero-order valence-electron chi connectivity index (χ0n) is 44.2. The lowest BCUT2D eigenvalue weighted by atomic mass is 9.81. The van der Waals surface area contributed by atoms with Crippen LogP contribution in [-0.2, 0) is 23.9 Å². The minimum Gasteiger partial charge on any atom is -0.507 e. The Bertz CT molecular complexity index is 2490. The lowest BCUT2D eigenvalue weighted by Crippen LogP contribution is -2.54. The van der Waals surface area contributed by atoms with Crippen LogP contribution in [0.2, 0.25) is 0 Å². The quantitative estimate of drug-likeness (QED) is 0.198. The average molecular weight is 1010 g/mol. The van der Waals surface area contributed by atoms with Crippen LogP contribution in [0.5, 0.6) is 11.5 Å². The van der Waals surface area contributed by atoms with E-state index in [-0.39, 0.29) is 69.4 Å². The Morgan fingerprint density at radius 1 is 0.904 bits per heavy atom. The largest absolute Gasteiger partial charge is 0.507 e. The van der Waals surface area contributed by atoms with Gasteiger partial charge in [0.15, 0.2) is 0 Å². The van der Waals surface area contributed by atoms with Gasteiger partial charge in [0.2, 0.25) is 11.7 Å². The first kappa shape index (κ1) is 53.9. The Hall–Kier alpha value is -5.40. The standard InChI is InChI=1S/C55H77N7O11/c1-31(2)30-60-22-18-55(19-23-60)57-44-41-42-49(67)36(7)51-43(41)52(69)54(8,73-51)71-28-11-10-15-38(72-40(64)29-39(63)62-26-24-61(25-27-62)37-16-20-59(9)21-17-37)34(5)48(66)35(6)47(65)32(3)13-12-14-33(4)53(70)56-46(50(42)68)45(44)58-55/h11-14,28,31-32,34-35,37-38,47-48,58,65-67H,10,15-27,29-30H2,1-9H3,(H,56,70)/b13-12+,28-11+,33-14-/t32?,34-,35+,38+,47-,48?,54-/m0/s1. The fourth-order valence-corrected chi connectivity index (χ4v) is 11.6. The summed E-state index contributed by atoms with van der Waals surface area (Å²) < 4.78 is 18.5. The molecule has 7 atom stereocenters. The van der Waals surface area contributed by atoms with E-state index in [4.69, 9.17) is 19.2 Å². The highest BCUT2D eigenvalue weighted by Crippen LogP contribution is 2.50. The van der Waals surface area contributed by atoms with Gasteiger partial charge in [-0.3, -0.25) is 33.9 Å². The second-order valence-corrected chi connectivity index (χ2v) is 22.2. The summed E-state index contributed by atoms with van der Waals surface area (Å²) in [5.41, 5.74) is -0.179. The summed E-state index contributed by atoms with van der Waals surface area (Å²) in [4.78, 5) is 84.8. The lowest BCUT2D eigenvalue weighted by Gasteiger charge is -2.42. The molecule has 18 nitrogen and oxygen atoms in total. The molecule has 3 fully saturated rings. The zero-order valence-corrected chi connectivity index (χ0v) is 44.2. The normalized spacial score (nSPS) is 31.5. The molecule has 0 radical (unpaired) electrons. The number of carbonyl (C=O) groups excluding carboxylic acids is 5. The first-order chi connectivity index (χ1) is 34.6. The van der Waals surface area contributed by atoms with E-state index in [1.807, 2.05) is 0 Å². The number of aliphatic imine (C=N–C) groups is 1. The molecule has 0 saturated carbocycles. The molecular formula is C55H77N7O11. The second kappa shape index (κ2) is 21.8. The van der Waals surface area contributed by atoms with Gasteiger partial charge in [0.1, 0.15) is 35.4 Å². The smallest absolute Gasteiger partial charge is 0.315 e. The van der Waals surface area contributed by atoms with E-state index in [2.05, 4.69) is 46.2 Å². The monoisotopic (exact) mass is 1010 g/mol. The van der Waals surface area contributed by atoms with Crippen molar-refractivity contribution in [3.05, 3.63) is 69.8 Å². The number of nitrogens with one attached hydrogen (secondary N) is 2. The molecule has 2 amide bonds. The molecule has 2 unspecified atom stereocenters. The van der Waals surface area contributed by atoms with Crippen LogP contribution in [0.4, 0.5) is 0 Å². The van der Waals surface area contributed by atoms with Crippen molar-refractivity contribution in [3.8, 4) is 11.5 Å². The van der Waals surface area contributed by atoms with E-state index in [9.17, 15) is 39.3 Å². The predicted molar refractivity (Wildman–Crippen MR) is 274 cm³/mol. The number of hydrogen-bond acceptors (Lipinski definition) is 16. The van der Waals surface area contributed by atoms with Crippen LogP contribution in [0, 0.1) is 30.6 Å². The number of aliphatic hydroxyl groups is 2. The third kappa shape index (κ3) is 11.0.